The van der Waals surface area contributed by atoms with Crippen molar-refractivity contribution in [3.63, 3.8) is 0 Å². The molecule has 0 radical (unpaired) electrons. The minimum atomic E-state index is -3.18. The lowest BCUT2D eigenvalue weighted by molar-refractivity contribution is 0.0953. The van der Waals surface area contributed by atoms with E-state index < -0.39 is 10.0 Å². The zero-order valence-corrected chi connectivity index (χ0v) is 17.2. The summed E-state index contributed by atoms with van der Waals surface area (Å²) in [5, 5.41) is 2.93. The van der Waals surface area contributed by atoms with Crippen LogP contribution in [0.25, 0.3) is 0 Å². The molecule has 150 valence electrons. The van der Waals surface area contributed by atoms with Crippen molar-refractivity contribution in [2.75, 3.05) is 25.9 Å². The molecular weight excluding hydrogens is 374 g/mol. The number of nitrogens with zero attached hydrogens (tertiary/aromatic N) is 2. The van der Waals surface area contributed by atoms with Gasteiger partial charge < -0.3 is 5.32 Å². The smallest absolute Gasteiger partial charge is 0.252 e. The Morgan fingerprint density at radius 1 is 1.29 bits per heavy atom. The third-order valence-electron chi connectivity index (χ3n) is 5.10. The Bertz CT molecular complexity index is 926. The van der Waals surface area contributed by atoms with Gasteiger partial charge in [-0.1, -0.05) is 29.8 Å². The second kappa shape index (κ2) is 8.84. The monoisotopic (exact) mass is 401 g/mol. The quantitative estimate of drug-likeness (QED) is 0.807. The summed E-state index contributed by atoms with van der Waals surface area (Å²) in [6.45, 7) is 3.64. The Labute approximate surface area is 167 Å². The first kappa shape index (κ1) is 20.5. The average molecular weight is 402 g/mol. The summed E-state index contributed by atoms with van der Waals surface area (Å²) in [5.41, 5.74) is 3.76. The molecule has 1 aromatic carbocycles. The van der Waals surface area contributed by atoms with Gasteiger partial charge in [0.2, 0.25) is 10.0 Å². The summed E-state index contributed by atoms with van der Waals surface area (Å²) >= 11 is 0. The second-order valence-electron chi connectivity index (χ2n) is 7.43. The molecule has 6 nitrogen and oxygen atoms in total. The van der Waals surface area contributed by atoms with Crippen molar-refractivity contribution in [1.29, 1.82) is 0 Å². The summed E-state index contributed by atoms with van der Waals surface area (Å²) in [6.07, 6.45) is 5.33. The highest BCUT2D eigenvalue weighted by atomic mass is 32.2. The van der Waals surface area contributed by atoms with Crippen LogP contribution in [0.15, 0.2) is 42.6 Å². The van der Waals surface area contributed by atoms with Gasteiger partial charge in [0.05, 0.1) is 11.8 Å². The normalized spacial score (nSPS) is 18.0. The van der Waals surface area contributed by atoms with E-state index in [1.165, 1.54) is 21.7 Å². The zero-order valence-electron chi connectivity index (χ0n) is 16.4. The summed E-state index contributed by atoms with van der Waals surface area (Å²) in [5.74, 6) is -0.0741. The van der Waals surface area contributed by atoms with E-state index >= 15 is 0 Å². The topological polar surface area (TPSA) is 79.4 Å². The molecule has 1 N–H and O–H groups in total. The van der Waals surface area contributed by atoms with E-state index in [0.29, 0.717) is 25.2 Å². The largest absolute Gasteiger partial charge is 0.352 e. The van der Waals surface area contributed by atoms with Crippen LogP contribution in [0.4, 0.5) is 0 Å². The molecule has 2 aromatic rings. The highest BCUT2D eigenvalue weighted by molar-refractivity contribution is 7.88. The minimum Gasteiger partial charge on any atom is -0.352 e. The fraction of sp³-hybridized carbons (Fsp3) is 0.429. The van der Waals surface area contributed by atoms with E-state index in [9.17, 15) is 13.2 Å². The maximum atomic E-state index is 12.3. The number of hydrogen-bond acceptors (Lipinski definition) is 4. The van der Waals surface area contributed by atoms with Gasteiger partial charge >= 0.3 is 0 Å². The molecule has 0 unspecified atom stereocenters. The Kier molecular flexibility index (Phi) is 6.46. The Hall–Kier alpha value is -2.25. The van der Waals surface area contributed by atoms with Crippen LogP contribution in [0.2, 0.25) is 0 Å². The first-order valence-corrected chi connectivity index (χ1v) is 11.4. The predicted molar refractivity (Wildman–Crippen MR) is 110 cm³/mol. The third-order valence-corrected chi connectivity index (χ3v) is 6.37. The highest BCUT2D eigenvalue weighted by Gasteiger charge is 2.27. The number of benzene rings is 1. The van der Waals surface area contributed by atoms with Gasteiger partial charge in [-0.3, -0.25) is 9.78 Å². The first-order chi connectivity index (χ1) is 13.3. The van der Waals surface area contributed by atoms with E-state index in [2.05, 4.69) is 35.4 Å². The summed E-state index contributed by atoms with van der Waals surface area (Å²) < 4.78 is 25.1. The molecule has 2 heterocycles. The summed E-state index contributed by atoms with van der Waals surface area (Å²) in [4.78, 5) is 16.8. The zero-order chi connectivity index (χ0) is 20.1. The van der Waals surface area contributed by atoms with Crippen LogP contribution in [0.1, 0.15) is 45.9 Å². The fourth-order valence-corrected chi connectivity index (χ4v) is 4.47. The molecule has 1 aromatic heterocycles. The number of carbonyl (C=O) groups excluding carboxylic acids is 1. The number of nitrogens with one attached hydrogen (secondary N) is 1. The molecule has 0 saturated carbocycles. The number of hydrogen-bond donors (Lipinski definition) is 1. The predicted octanol–water partition coefficient (Wildman–Crippen LogP) is 2.50. The Morgan fingerprint density at radius 2 is 2.11 bits per heavy atom. The molecule has 1 aliphatic rings. The van der Waals surface area contributed by atoms with E-state index in [-0.39, 0.29) is 11.8 Å². The van der Waals surface area contributed by atoms with Crippen molar-refractivity contribution in [1.82, 2.24) is 14.6 Å². The molecule has 1 fully saturated rings. The van der Waals surface area contributed by atoms with Gasteiger partial charge in [-0.25, -0.2) is 12.7 Å². The molecule has 28 heavy (non-hydrogen) atoms. The molecule has 7 heteroatoms. The summed E-state index contributed by atoms with van der Waals surface area (Å²) in [7, 11) is -3.18. The SMILES string of the molecule is Cc1cccc(CCNC(=O)c2ccc([C@H]3CCCN(S(C)(=O)=O)C3)nc2)c1. The van der Waals surface area contributed by atoms with Crippen molar-refractivity contribution in [3.05, 3.63) is 65.0 Å². The Morgan fingerprint density at radius 3 is 2.79 bits per heavy atom. The van der Waals surface area contributed by atoms with Gasteiger partial charge in [-0.15, -0.1) is 0 Å². The van der Waals surface area contributed by atoms with Crippen molar-refractivity contribution in [3.8, 4) is 0 Å². The average Bonchev–Trinajstić information content (AvgIpc) is 2.67. The van der Waals surface area contributed by atoms with Gasteiger partial charge in [-0.05, 0) is 43.9 Å². The standard InChI is InChI=1S/C21H27N3O3S/c1-16-5-3-6-17(13-16)10-11-22-21(25)18-8-9-20(23-14-18)19-7-4-12-24(15-19)28(2,26)27/h3,5-6,8-9,13-14,19H,4,7,10-12,15H2,1-2H3,(H,22,25)/t19-/m0/s1. The lowest BCUT2D eigenvalue weighted by Crippen LogP contribution is -2.38. The van der Waals surface area contributed by atoms with Crippen LogP contribution >= 0.6 is 0 Å². The highest BCUT2D eigenvalue weighted by Crippen LogP contribution is 2.26. The number of aryl methyl sites for hydroxylation is 1. The number of carbonyl (C=O) groups is 1. The maximum absolute atomic E-state index is 12.3. The van der Waals surface area contributed by atoms with Gasteiger partial charge in [0.1, 0.15) is 0 Å². The number of pyridine rings is 1. The number of rotatable bonds is 6. The fourth-order valence-electron chi connectivity index (χ4n) is 3.56. The van der Waals surface area contributed by atoms with Gasteiger partial charge in [0.25, 0.3) is 5.91 Å². The van der Waals surface area contributed by atoms with E-state index in [0.717, 1.165) is 25.0 Å². The molecular formula is C21H27N3O3S. The molecule has 1 aliphatic heterocycles. The van der Waals surface area contributed by atoms with Gasteiger partial charge in [-0.2, -0.15) is 0 Å². The minimum absolute atomic E-state index is 0.0712. The van der Waals surface area contributed by atoms with Crippen LogP contribution in [-0.4, -0.2) is 49.5 Å². The number of amides is 1. The van der Waals surface area contributed by atoms with E-state index in [4.69, 9.17) is 0 Å². The maximum Gasteiger partial charge on any atom is 0.252 e. The number of piperidine rings is 1. The summed E-state index contributed by atoms with van der Waals surface area (Å²) in [6, 6.07) is 11.9. The van der Waals surface area contributed by atoms with Gasteiger partial charge in [0.15, 0.2) is 0 Å². The molecule has 1 atom stereocenters. The molecule has 0 aliphatic carbocycles. The van der Waals surface area contributed by atoms with Crippen molar-refractivity contribution in [2.24, 2.45) is 0 Å². The Balaban J connectivity index is 1.55. The van der Waals surface area contributed by atoms with Crippen LogP contribution in [0.5, 0.6) is 0 Å². The van der Waals surface area contributed by atoms with Gasteiger partial charge in [0, 0.05) is 37.4 Å². The molecule has 0 spiro atoms. The molecule has 3 rings (SSSR count). The molecule has 1 saturated heterocycles. The lowest BCUT2D eigenvalue weighted by atomic mass is 9.95. The second-order valence-corrected chi connectivity index (χ2v) is 9.41. The molecule has 1 amide bonds. The van der Waals surface area contributed by atoms with Crippen LogP contribution in [0, 0.1) is 6.92 Å². The van der Waals surface area contributed by atoms with Crippen LogP contribution in [0.3, 0.4) is 0 Å². The van der Waals surface area contributed by atoms with Crippen LogP contribution < -0.4 is 5.32 Å². The molecule has 0 bridgehead atoms. The van der Waals surface area contributed by atoms with E-state index in [1.807, 2.05) is 12.1 Å². The third kappa shape index (κ3) is 5.39. The number of sulfonamides is 1. The van der Waals surface area contributed by atoms with Crippen molar-refractivity contribution >= 4 is 15.9 Å². The first-order valence-electron chi connectivity index (χ1n) is 9.58. The number of aromatic nitrogens is 1. The van der Waals surface area contributed by atoms with Crippen molar-refractivity contribution in [2.45, 2.75) is 32.1 Å². The van der Waals surface area contributed by atoms with E-state index in [1.54, 1.807) is 12.3 Å². The van der Waals surface area contributed by atoms with Crippen molar-refractivity contribution < 1.29 is 13.2 Å². The van der Waals surface area contributed by atoms with Crippen LogP contribution in [-0.2, 0) is 16.4 Å². The lowest BCUT2D eigenvalue weighted by Gasteiger charge is -2.30.